The standard InChI is InChI=1S/C23H16BrN3O3/c24-16-10-11-19-18(12-16)23(30)27(14-25-19)13-21(28)26-20-9-5-4-8-17(20)22(29)15-6-2-1-3-7-15/h1-12,14H,13H2,(H,26,28). The first kappa shape index (κ1) is 19.7. The molecule has 1 heterocycles. The zero-order valence-corrected chi connectivity index (χ0v) is 17.3. The highest BCUT2D eigenvalue weighted by molar-refractivity contribution is 9.10. The highest BCUT2D eigenvalue weighted by Gasteiger charge is 2.15. The van der Waals surface area contributed by atoms with Crippen LogP contribution in [-0.4, -0.2) is 21.2 Å². The quantitative estimate of drug-likeness (QED) is 0.455. The number of benzene rings is 3. The van der Waals surface area contributed by atoms with Gasteiger partial charge in [0.2, 0.25) is 5.91 Å². The zero-order chi connectivity index (χ0) is 21.1. The van der Waals surface area contributed by atoms with Crippen molar-refractivity contribution in [3.63, 3.8) is 0 Å². The van der Waals surface area contributed by atoms with Gasteiger partial charge in [0.1, 0.15) is 6.54 Å². The third-order valence-electron chi connectivity index (χ3n) is 4.58. The van der Waals surface area contributed by atoms with Crippen LogP contribution < -0.4 is 10.9 Å². The minimum Gasteiger partial charge on any atom is -0.324 e. The van der Waals surface area contributed by atoms with Crippen LogP contribution in [0.15, 0.2) is 88.4 Å². The van der Waals surface area contributed by atoms with Gasteiger partial charge in [-0.05, 0) is 30.3 Å². The van der Waals surface area contributed by atoms with Crippen molar-refractivity contribution >= 4 is 44.2 Å². The molecule has 3 aromatic carbocycles. The minimum atomic E-state index is -0.429. The minimum absolute atomic E-state index is 0.194. The summed E-state index contributed by atoms with van der Waals surface area (Å²) in [6, 6.07) is 20.8. The first-order valence-corrected chi connectivity index (χ1v) is 9.95. The molecule has 1 amide bonds. The molecule has 4 rings (SSSR count). The number of amides is 1. The van der Waals surface area contributed by atoms with Gasteiger partial charge in [-0.2, -0.15) is 0 Å². The van der Waals surface area contributed by atoms with E-state index in [2.05, 4.69) is 26.2 Å². The van der Waals surface area contributed by atoms with Crippen molar-refractivity contribution in [1.29, 1.82) is 0 Å². The molecule has 0 atom stereocenters. The molecule has 0 aliphatic rings. The van der Waals surface area contributed by atoms with Crippen LogP contribution in [0.1, 0.15) is 15.9 Å². The molecule has 0 saturated carbocycles. The first-order valence-electron chi connectivity index (χ1n) is 9.16. The second kappa shape index (κ2) is 8.42. The number of para-hydroxylation sites is 1. The SMILES string of the molecule is O=C(Cn1cnc2ccc(Br)cc2c1=O)Nc1ccccc1C(=O)c1ccccc1. The van der Waals surface area contributed by atoms with Crippen molar-refractivity contribution in [1.82, 2.24) is 9.55 Å². The Morgan fingerprint density at radius 1 is 0.967 bits per heavy atom. The van der Waals surface area contributed by atoms with Crippen LogP contribution in [0.4, 0.5) is 5.69 Å². The lowest BCUT2D eigenvalue weighted by Gasteiger charge is -2.11. The number of carbonyl (C=O) groups is 2. The fourth-order valence-corrected chi connectivity index (χ4v) is 3.48. The summed E-state index contributed by atoms with van der Waals surface area (Å²) >= 11 is 3.34. The van der Waals surface area contributed by atoms with Gasteiger partial charge in [-0.15, -0.1) is 0 Å². The van der Waals surface area contributed by atoms with Gasteiger partial charge in [0.05, 0.1) is 22.9 Å². The molecule has 0 spiro atoms. The number of nitrogens with zero attached hydrogens (tertiary/aromatic N) is 2. The number of hydrogen-bond donors (Lipinski definition) is 1. The number of carbonyl (C=O) groups excluding carboxylic acids is 2. The highest BCUT2D eigenvalue weighted by Crippen LogP contribution is 2.19. The van der Waals surface area contributed by atoms with Gasteiger partial charge in [0.15, 0.2) is 5.78 Å². The van der Waals surface area contributed by atoms with E-state index in [4.69, 9.17) is 0 Å². The lowest BCUT2D eigenvalue weighted by atomic mass is 10.0. The van der Waals surface area contributed by atoms with E-state index < -0.39 is 5.91 Å². The maximum Gasteiger partial charge on any atom is 0.261 e. The van der Waals surface area contributed by atoms with E-state index in [1.807, 2.05) is 6.07 Å². The van der Waals surface area contributed by atoms with Crippen LogP contribution in [0.5, 0.6) is 0 Å². The Kier molecular flexibility index (Phi) is 5.54. The van der Waals surface area contributed by atoms with E-state index in [1.54, 1.807) is 66.7 Å². The maximum absolute atomic E-state index is 12.8. The summed E-state index contributed by atoms with van der Waals surface area (Å²) in [5.74, 6) is -0.623. The Balaban J connectivity index is 1.59. The molecule has 0 unspecified atom stereocenters. The summed E-state index contributed by atoms with van der Waals surface area (Å²) in [6.07, 6.45) is 1.35. The molecule has 1 aromatic heterocycles. The predicted octanol–water partition coefficient (Wildman–Crippen LogP) is 4.03. The normalized spacial score (nSPS) is 10.7. The van der Waals surface area contributed by atoms with Gasteiger partial charge in [-0.1, -0.05) is 58.4 Å². The van der Waals surface area contributed by atoms with Gasteiger partial charge in [0.25, 0.3) is 5.56 Å². The number of hydrogen-bond acceptors (Lipinski definition) is 4. The smallest absolute Gasteiger partial charge is 0.261 e. The topological polar surface area (TPSA) is 81.1 Å². The van der Waals surface area contributed by atoms with E-state index in [0.29, 0.717) is 27.7 Å². The van der Waals surface area contributed by atoms with Gasteiger partial charge in [-0.3, -0.25) is 19.0 Å². The summed E-state index contributed by atoms with van der Waals surface area (Å²) in [7, 11) is 0. The third kappa shape index (κ3) is 4.06. The number of aromatic nitrogens is 2. The summed E-state index contributed by atoms with van der Waals surface area (Å²) < 4.78 is 2.00. The fourth-order valence-electron chi connectivity index (χ4n) is 3.12. The Bertz CT molecular complexity index is 1320. The van der Waals surface area contributed by atoms with Gasteiger partial charge >= 0.3 is 0 Å². The van der Waals surface area contributed by atoms with Crippen LogP contribution in [0.25, 0.3) is 10.9 Å². The number of halogens is 1. The highest BCUT2D eigenvalue weighted by atomic mass is 79.9. The van der Waals surface area contributed by atoms with E-state index in [1.165, 1.54) is 10.9 Å². The van der Waals surface area contributed by atoms with E-state index >= 15 is 0 Å². The largest absolute Gasteiger partial charge is 0.324 e. The van der Waals surface area contributed by atoms with E-state index in [0.717, 1.165) is 4.47 Å². The molecular weight excluding hydrogens is 446 g/mol. The van der Waals surface area contributed by atoms with Crippen molar-refractivity contribution in [2.75, 3.05) is 5.32 Å². The summed E-state index contributed by atoms with van der Waals surface area (Å²) in [5, 5.41) is 3.16. The monoisotopic (exact) mass is 461 g/mol. The molecular formula is C23H16BrN3O3. The van der Waals surface area contributed by atoms with Crippen molar-refractivity contribution < 1.29 is 9.59 Å². The molecule has 1 N–H and O–H groups in total. The average molecular weight is 462 g/mol. The molecule has 0 saturated heterocycles. The Morgan fingerprint density at radius 2 is 1.70 bits per heavy atom. The number of rotatable bonds is 5. The first-order chi connectivity index (χ1) is 14.5. The predicted molar refractivity (Wildman–Crippen MR) is 119 cm³/mol. The number of anilines is 1. The maximum atomic E-state index is 12.8. The average Bonchev–Trinajstić information content (AvgIpc) is 2.76. The van der Waals surface area contributed by atoms with Gasteiger partial charge < -0.3 is 5.32 Å². The van der Waals surface area contributed by atoms with Gasteiger partial charge in [0, 0.05) is 15.6 Å². The molecule has 148 valence electrons. The number of fused-ring (bicyclic) bond motifs is 1. The van der Waals surface area contributed by atoms with Crippen LogP contribution >= 0.6 is 15.9 Å². The van der Waals surface area contributed by atoms with E-state index in [-0.39, 0.29) is 17.9 Å². The zero-order valence-electron chi connectivity index (χ0n) is 15.7. The fraction of sp³-hybridized carbons (Fsp3) is 0.0435. The van der Waals surface area contributed by atoms with Crippen LogP contribution in [-0.2, 0) is 11.3 Å². The van der Waals surface area contributed by atoms with Crippen LogP contribution in [0.3, 0.4) is 0 Å². The lowest BCUT2D eigenvalue weighted by Crippen LogP contribution is -2.28. The van der Waals surface area contributed by atoms with Crippen molar-refractivity contribution in [2.24, 2.45) is 0 Å². The molecule has 0 radical (unpaired) electrons. The molecule has 0 fully saturated rings. The summed E-state index contributed by atoms with van der Waals surface area (Å²) in [4.78, 5) is 42.4. The van der Waals surface area contributed by atoms with Crippen molar-refractivity contribution in [3.8, 4) is 0 Å². The van der Waals surface area contributed by atoms with E-state index in [9.17, 15) is 14.4 Å². The van der Waals surface area contributed by atoms with Crippen LogP contribution in [0, 0.1) is 0 Å². The second-order valence-corrected chi connectivity index (χ2v) is 7.54. The molecule has 0 aliphatic carbocycles. The molecule has 6 nitrogen and oxygen atoms in total. The number of nitrogens with one attached hydrogen (secondary N) is 1. The molecule has 4 aromatic rings. The number of ketones is 1. The Labute approximate surface area is 180 Å². The Morgan fingerprint density at radius 3 is 2.50 bits per heavy atom. The van der Waals surface area contributed by atoms with Gasteiger partial charge in [-0.25, -0.2) is 4.98 Å². The molecule has 0 aliphatic heterocycles. The third-order valence-corrected chi connectivity index (χ3v) is 5.08. The second-order valence-electron chi connectivity index (χ2n) is 6.63. The van der Waals surface area contributed by atoms with Crippen molar-refractivity contribution in [2.45, 2.75) is 6.54 Å². The molecule has 30 heavy (non-hydrogen) atoms. The van der Waals surface area contributed by atoms with Crippen LogP contribution in [0.2, 0.25) is 0 Å². The molecule has 7 heteroatoms. The lowest BCUT2D eigenvalue weighted by molar-refractivity contribution is -0.116. The Hall–Kier alpha value is -3.58. The summed E-state index contributed by atoms with van der Waals surface area (Å²) in [5.41, 5.74) is 1.54. The molecule has 0 bridgehead atoms. The van der Waals surface area contributed by atoms with Crippen molar-refractivity contribution in [3.05, 3.63) is 105 Å². The summed E-state index contributed by atoms with van der Waals surface area (Å²) in [6.45, 7) is -0.220.